The SMILES string of the molecule is COc1cccc(C2=NNCC2)c1. The molecule has 1 aliphatic heterocycles. The van der Waals surface area contributed by atoms with Crippen LogP contribution in [0.25, 0.3) is 0 Å². The number of benzene rings is 1. The lowest BCUT2D eigenvalue weighted by Crippen LogP contribution is -1.98. The van der Waals surface area contributed by atoms with E-state index in [1.165, 1.54) is 0 Å². The molecule has 0 atom stereocenters. The Kier molecular flexibility index (Phi) is 2.17. The van der Waals surface area contributed by atoms with Gasteiger partial charge in [-0.2, -0.15) is 5.10 Å². The third kappa shape index (κ3) is 1.64. The molecule has 0 bridgehead atoms. The second-order valence-corrected chi connectivity index (χ2v) is 2.95. The van der Waals surface area contributed by atoms with Gasteiger partial charge < -0.3 is 10.2 Å². The van der Waals surface area contributed by atoms with Crippen molar-refractivity contribution in [1.82, 2.24) is 5.43 Å². The zero-order valence-electron chi connectivity index (χ0n) is 7.58. The number of nitrogens with one attached hydrogen (secondary N) is 1. The van der Waals surface area contributed by atoms with Crippen molar-refractivity contribution >= 4 is 5.71 Å². The van der Waals surface area contributed by atoms with E-state index >= 15 is 0 Å². The molecule has 3 heteroatoms. The molecular formula is C10H12N2O. The Bertz CT molecular complexity index is 333. The van der Waals surface area contributed by atoms with Crippen LogP contribution in [-0.2, 0) is 0 Å². The van der Waals surface area contributed by atoms with Gasteiger partial charge in [0.25, 0.3) is 0 Å². The number of ether oxygens (including phenoxy) is 1. The van der Waals surface area contributed by atoms with Crippen molar-refractivity contribution in [3.05, 3.63) is 29.8 Å². The van der Waals surface area contributed by atoms with Crippen LogP contribution < -0.4 is 10.2 Å². The van der Waals surface area contributed by atoms with Crippen LogP contribution in [0.5, 0.6) is 5.75 Å². The highest BCUT2D eigenvalue weighted by molar-refractivity contribution is 6.01. The Morgan fingerprint density at radius 3 is 3.08 bits per heavy atom. The van der Waals surface area contributed by atoms with Gasteiger partial charge in [-0.15, -0.1) is 0 Å². The van der Waals surface area contributed by atoms with Gasteiger partial charge in [0.15, 0.2) is 0 Å². The van der Waals surface area contributed by atoms with Gasteiger partial charge in [-0.3, -0.25) is 0 Å². The van der Waals surface area contributed by atoms with Gasteiger partial charge in [0, 0.05) is 18.5 Å². The molecule has 0 amide bonds. The van der Waals surface area contributed by atoms with E-state index in [9.17, 15) is 0 Å². The smallest absolute Gasteiger partial charge is 0.119 e. The molecule has 68 valence electrons. The van der Waals surface area contributed by atoms with Crippen LogP contribution in [0.3, 0.4) is 0 Å². The summed E-state index contributed by atoms with van der Waals surface area (Å²) in [5.41, 5.74) is 5.21. The van der Waals surface area contributed by atoms with E-state index in [0.29, 0.717) is 0 Å². The van der Waals surface area contributed by atoms with E-state index < -0.39 is 0 Å². The quantitative estimate of drug-likeness (QED) is 0.738. The first-order valence-electron chi connectivity index (χ1n) is 4.34. The first kappa shape index (κ1) is 8.10. The lowest BCUT2D eigenvalue weighted by Gasteiger charge is -2.02. The van der Waals surface area contributed by atoms with E-state index in [1.807, 2.05) is 24.3 Å². The predicted molar refractivity (Wildman–Crippen MR) is 52.2 cm³/mol. The van der Waals surface area contributed by atoms with Gasteiger partial charge in [0.1, 0.15) is 5.75 Å². The largest absolute Gasteiger partial charge is 0.497 e. The summed E-state index contributed by atoms with van der Waals surface area (Å²) in [6.07, 6.45) is 0.993. The van der Waals surface area contributed by atoms with E-state index in [-0.39, 0.29) is 0 Å². The maximum atomic E-state index is 5.14. The number of rotatable bonds is 2. The van der Waals surface area contributed by atoms with Crippen molar-refractivity contribution < 1.29 is 4.74 Å². The van der Waals surface area contributed by atoms with E-state index in [2.05, 4.69) is 10.5 Å². The van der Waals surface area contributed by atoms with Crippen LogP contribution in [0.1, 0.15) is 12.0 Å². The Morgan fingerprint density at radius 1 is 1.46 bits per heavy atom. The summed E-state index contributed by atoms with van der Waals surface area (Å²) in [4.78, 5) is 0. The predicted octanol–water partition coefficient (Wildman–Crippen LogP) is 1.39. The third-order valence-corrected chi connectivity index (χ3v) is 2.09. The first-order valence-corrected chi connectivity index (χ1v) is 4.34. The Balaban J connectivity index is 2.29. The minimum absolute atomic E-state index is 0.882. The van der Waals surface area contributed by atoms with Crippen molar-refractivity contribution in [2.75, 3.05) is 13.7 Å². The zero-order chi connectivity index (χ0) is 9.10. The molecule has 0 fully saturated rings. The van der Waals surface area contributed by atoms with Crippen molar-refractivity contribution in [2.45, 2.75) is 6.42 Å². The molecule has 1 aromatic rings. The monoisotopic (exact) mass is 176 g/mol. The maximum absolute atomic E-state index is 5.14. The molecule has 3 nitrogen and oxygen atoms in total. The van der Waals surface area contributed by atoms with Crippen LogP contribution in [0, 0.1) is 0 Å². The van der Waals surface area contributed by atoms with Gasteiger partial charge >= 0.3 is 0 Å². The summed E-state index contributed by atoms with van der Waals surface area (Å²) in [6, 6.07) is 7.97. The number of hydrogen-bond acceptors (Lipinski definition) is 3. The summed E-state index contributed by atoms with van der Waals surface area (Å²) in [6.45, 7) is 0.937. The second-order valence-electron chi connectivity index (χ2n) is 2.95. The number of nitrogens with zero attached hydrogens (tertiary/aromatic N) is 1. The average Bonchev–Trinajstić information content (AvgIpc) is 2.71. The average molecular weight is 176 g/mol. The lowest BCUT2D eigenvalue weighted by atomic mass is 10.1. The van der Waals surface area contributed by atoms with Crippen molar-refractivity contribution in [2.24, 2.45) is 5.10 Å². The summed E-state index contributed by atoms with van der Waals surface area (Å²) in [5.74, 6) is 0.882. The van der Waals surface area contributed by atoms with Crippen LogP contribution in [0.2, 0.25) is 0 Å². The molecule has 0 saturated carbocycles. The van der Waals surface area contributed by atoms with Gasteiger partial charge in [-0.25, -0.2) is 0 Å². The Labute approximate surface area is 77.4 Å². The third-order valence-electron chi connectivity index (χ3n) is 2.09. The van der Waals surface area contributed by atoms with E-state index in [4.69, 9.17) is 4.74 Å². The molecule has 0 spiro atoms. The van der Waals surface area contributed by atoms with E-state index in [1.54, 1.807) is 7.11 Å². The topological polar surface area (TPSA) is 33.6 Å². The molecular weight excluding hydrogens is 164 g/mol. The lowest BCUT2D eigenvalue weighted by molar-refractivity contribution is 0.414. The summed E-state index contributed by atoms with van der Waals surface area (Å²) >= 11 is 0. The molecule has 1 N–H and O–H groups in total. The molecule has 0 saturated heterocycles. The summed E-state index contributed by atoms with van der Waals surface area (Å²) in [7, 11) is 1.67. The van der Waals surface area contributed by atoms with Crippen molar-refractivity contribution in [1.29, 1.82) is 0 Å². The van der Waals surface area contributed by atoms with Crippen molar-refractivity contribution in [3.8, 4) is 5.75 Å². The Hall–Kier alpha value is -1.51. The fraction of sp³-hybridized carbons (Fsp3) is 0.300. The zero-order valence-corrected chi connectivity index (χ0v) is 7.58. The van der Waals surface area contributed by atoms with Gasteiger partial charge in [0.05, 0.1) is 12.8 Å². The molecule has 0 aromatic heterocycles. The first-order chi connectivity index (χ1) is 6.40. The Morgan fingerprint density at radius 2 is 2.38 bits per heavy atom. The second kappa shape index (κ2) is 3.47. The highest BCUT2D eigenvalue weighted by Gasteiger charge is 2.08. The molecule has 1 heterocycles. The molecule has 0 unspecified atom stereocenters. The summed E-state index contributed by atoms with van der Waals surface area (Å²) < 4.78 is 5.14. The summed E-state index contributed by atoms with van der Waals surface area (Å²) in [5, 5.41) is 4.19. The van der Waals surface area contributed by atoms with Crippen LogP contribution >= 0.6 is 0 Å². The standard InChI is InChI=1S/C10H12N2O/c1-13-9-4-2-3-8(7-9)10-5-6-11-12-10/h2-4,7,11H,5-6H2,1H3. The molecule has 1 aromatic carbocycles. The highest BCUT2D eigenvalue weighted by Crippen LogP contribution is 2.15. The van der Waals surface area contributed by atoms with Crippen molar-refractivity contribution in [3.63, 3.8) is 0 Å². The van der Waals surface area contributed by atoms with Crippen LogP contribution in [-0.4, -0.2) is 19.4 Å². The highest BCUT2D eigenvalue weighted by atomic mass is 16.5. The van der Waals surface area contributed by atoms with E-state index in [0.717, 1.165) is 30.0 Å². The molecule has 0 radical (unpaired) electrons. The fourth-order valence-electron chi connectivity index (χ4n) is 1.39. The normalized spacial score (nSPS) is 15.0. The fourth-order valence-corrected chi connectivity index (χ4v) is 1.39. The van der Waals surface area contributed by atoms with Gasteiger partial charge in [0.2, 0.25) is 0 Å². The van der Waals surface area contributed by atoms with Gasteiger partial charge in [-0.1, -0.05) is 12.1 Å². The van der Waals surface area contributed by atoms with Gasteiger partial charge in [-0.05, 0) is 12.1 Å². The molecule has 2 rings (SSSR count). The van der Waals surface area contributed by atoms with Crippen LogP contribution in [0.4, 0.5) is 0 Å². The molecule has 1 aliphatic rings. The molecule has 0 aliphatic carbocycles. The number of hydrogen-bond donors (Lipinski definition) is 1. The number of methoxy groups -OCH3 is 1. The minimum atomic E-state index is 0.882. The van der Waals surface area contributed by atoms with Crippen LogP contribution in [0.15, 0.2) is 29.4 Å². The molecule has 13 heavy (non-hydrogen) atoms. The number of hydrazone groups is 1. The maximum Gasteiger partial charge on any atom is 0.119 e. The minimum Gasteiger partial charge on any atom is -0.497 e.